The van der Waals surface area contributed by atoms with Crippen LogP contribution in [0.5, 0.6) is 0 Å². The average molecular weight is 322 g/mol. The Morgan fingerprint density at radius 2 is 1.55 bits per heavy atom. The van der Waals surface area contributed by atoms with Crippen LogP contribution in [-0.2, 0) is 0 Å². The molecule has 1 saturated heterocycles. The van der Waals surface area contributed by atoms with Gasteiger partial charge >= 0.3 is 0 Å². The van der Waals surface area contributed by atoms with Gasteiger partial charge in [-0.3, -0.25) is 4.90 Å². The molecule has 3 heteroatoms. The average Bonchev–Trinajstić information content (AvgIpc) is 2.57. The number of nitrogens with zero attached hydrogens (tertiary/aromatic N) is 1. The van der Waals surface area contributed by atoms with Gasteiger partial charge in [0.15, 0.2) is 0 Å². The minimum Gasteiger partial charge on any atom is -0.374 e. The third-order valence-corrected chi connectivity index (χ3v) is 5.81. The van der Waals surface area contributed by atoms with Crippen molar-refractivity contribution in [2.75, 3.05) is 13.1 Å². The fourth-order valence-electron chi connectivity index (χ4n) is 4.17. The zero-order chi connectivity index (χ0) is 15.4. The number of aliphatic hydroxyl groups excluding tert-OH is 1. The van der Waals surface area contributed by atoms with Crippen LogP contribution in [0, 0.1) is 11.8 Å². The summed E-state index contributed by atoms with van der Waals surface area (Å²) in [7, 11) is 0. The van der Waals surface area contributed by atoms with E-state index < -0.39 is 6.23 Å². The molecule has 3 rings (SSSR count). The molecule has 1 aliphatic carbocycles. The molecule has 1 aromatic rings. The van der Waals surface area contributed by atoms with Crippen molar-refractivity contribution in [3.05, 3.63) is 34.9 Å². The van der Waals surface area contributed by atoms with Gasteiger partial charge in [-0.15, -0.1) is 0 Å². The van der Waals surface area contributed by atoms with E-state index in [1.807, 2.05) is 24.3 Å². The van der Waals surface area contributed by atoms with Crippen molar-refractivity contribution in [1.29, 1.82) is 0 Å². The Labute approximate surface area is 139 Å². The highest BCUT2D eigenvalue weighted by molar-refractivity contribution is 6.30. The first-order valence-electron chi connectivity index (χ1n) is 8.90. The van der Waals surface area contributed by atoms with Gasteiger partial charge in [-0.05, 0) is 48.8 Å². The zero-order valence-electron chi connectivity index (χ0n) is 13.4. The molecule has 0 aromatic heterocycles. The number of benzene rings is 1. The van der Waals surface area contributed by atoms with E-state index in [-0.39, 0.29) is 0 Å². The quantitative estimate of drug-likeness (QED) is 0.842. The van der Waals surface area contributed by atoms with Gasteiger partial charge in [0.05, 0.1) is 0 Å². The van der Waals surface area contributed by atoms with Crippen molar-refractivity contribution in [1.82, 2.24) is 4.90 Å². The first-order valence-corrected chi connectivity index (χ1v) is 9.28. The van der Waals surface area contributed by atoms with E-state index >= 15 is 0 Å². The molecule has 1 atom stereocenters. The molecule has 0 bridgehead atoms. The summed E-state index contributed by atoms with van der Waals surface area (Å²) in [5, 5.41) is 11.3. The second-order valence-electron chi connectivity index (χ2n) is 7.14. The van der Waals surface area contributed by atoms with E-state index in [2.05, 4.69) is 4.90 Å². The summed E-state index contributed by atoms with van der Waals surface area (Å²) in [6, 6.07) is 7.58. The van der Waals surface area contributed by atoms with Gasteiger partial charge in [-0.25, -0.2) is 0 Å². The van der Waals surface area contributed by atoms with Crippen LogP contribution < -0.4 is 0 Å². The van der Waals surface area contributed by atoms with Crippen molar-refractivity contribution in [3.8, 4) is 0 Å². The highest BCUT2D eigenvalue weighted by atomic mass is 35.5. The zero-order valence-corrected chi connectivity index (χ0v) is 14.1. The SMILES string of the molecule is OC(c1ccc(Cl)cc1)N1CCC(CC2CCCCC2)CC1. The monoisotopic (exact) mass is 321 g/mol. The molecule has 1 N–H and O–H groups in total. The van der Waals surface area contributed by atoms with Crippen LogP contribution in [0.3, 0.4) is 0 Å². The van der Waals surface area contributed by atoms with Crippen molar-refractivity contribution in [2.24, 2.45) is 11.8 Å². The van der Waals surface area contributed by atoms with Crippen LogP contribution in [-0.4, -0.2) is 23.1 Å². The van der Waals surface area contributed by atoms with Crippen LogP contribution in [0.15, 0.2) is 24.3 Å². The van der Waals surface area contributed by atoms with E-state index in [4.69, 9.17) is 11.6 Å². The molecule has 2 fully saturated rings. The number of halogens is 1. The molecule has 0 spiro atoms. The summed E-state index contributed by atoms with van der Waals surface area (Å²) in [4.78, 5) is 2.21. The first kappa shape index (κ1) is 16.3. The summed E-state index contributed by atoms with van der Waals surface area (Å²) in [6.45, 7) is 2.03. The van der Waals surface area contributed by atoms with Gasteiger partial charge in [0.2, 0.25) is 0 Å². The van der Waals surface area contributed by atoms with Crippen LogP contribution in [0.4, 0.5) is 0 Å². The van der Waals surface area contributed by atoms with Crippen molar-refractivity contribution >= 4 is 11.6 Å². The van der Waals surface area contributed by atoms with E-state index in [1.54, 1.807) is 0 Å². The summed E-state index contributed by atoms with van der Waals surface area (Å²) in [5.41, 5.74) is 0.954. The lowest BCUT2D eigenvalue weighted by atomic mass is 9.80. The predicted molar refractivity (Wildman–Crippen MR) is 91.9 cm³/mol. The number of likely N-dealkylation sites (tertiary alicyclic amines) is 1. The molecule has 1 saturated carbocycles. The molecular formula is C19H28ClNO. The van der Waals surface area contributed by atoms with Crippen LogP contribution >= 0.6 is 11.6 Å². The van der Waals surface area contributed by atoms with Crippen LogP contribution in [0.2, 0.25) is 5.02 Å². The van der Waals surface area contributed by atoms with E-state index in [9.17, 15) is 5.11 Å². The number of rotatable bonds is 4. The predicted octanol–water partition coefficient (Wildman–Crippen LogP) is 5.01. The van der Waals surface area contributed by atoms with Crippen molar-refractivity contribution < 1.29 is 5.11 Å². The maximum atomic E-state index is 10.5. The number of hydrogen-bond donors (Lipinski definition) is 1. The molecule has 1 unspecified atom stereocenters. The second kappa shape index (κ2) is 7.81. The lowest BCUT2D eigenvalue weighted by molar-refractivity contribution is -0.0213. The molecule has 2 aliphatic rings. The summed E-state index contributed by atoms with van der Waals surface area (Å²) in [6.07, 6.45) is 10.7. The Morgan fingerprint density at radius 1 is 0.955 bits per heavy atom. The number of piperidine rings is 1. The van der Waals surface area contributed by atoms with Gasteiger partial charge in [0.1, 0.15) is 6.23 Å². The maximum absolute atomic E-state index is 10.5. The third-order valence-electron chi connectivity index (χ3n) is 5.55. The van der Waals surface area contributed by atoms with E-state index in [0.29, 0.717) is 0 Å². The van der Waals surface area contributed by atoms with Gasteiger partial charge in [-0.1, -0.05) is 55.8 Å². The summed E-state index contributed by atoms with van der Waals surface area (Å²) < 4.78 is 0. The lowest BCUT2D eigenvalue weighted by Gasteiger charge is -2.37. The highest BCUT2D eigenvalue weighted by Crippen LogP contribution is 2.34. The molecule has 0 amide bonds. The van der Waals surface area contributed by atoms with Crippen LogP contribution in [0.1, 0.15) is 63.2 Å². The lowest BCUT2D eigenvalue weighted by Crippen LogP contribution is -2.37. The van der Waals surface area contributed by atoms with E-state index in [0.717, 1.165) is 35.5 Å². The summed E-state index contributed by atoms with van der Waals surface area (Å²) in [5.74, 6) is 1.85. The minimum absolute atomic E-state index is 0.479. The molecule has 0 radical (unpaired) electrons. The largest absolute Gasteiger partial charge is 0.374 e. The number of aliphatic hydroxyl groups is 1. The molecular weight excluding hydrogens is 294 g/mol. The van der Waals surface area contributed by atoms with Gasteiger partial charge in [0.25, 0.3) is 0 Å². The Balaban J connectivity index is 1.47. The fourth-order valence-corrected chi connectivity index (χ4v) is 4.30. The number of hydrogen-bond acceptors (Lipinski definition) is 2. The van der Waals surface area contributed by atoms with Crippen molar-refractivity contribution in [2.45, 2.75) is 57.6 Å². The normalized spacial score (nSPS) is 23.5. The Bertz CT molecular complexity index is 447. The standard InChI is InChI=1S/C19H28ClNO/c20-18-8-6-17(7-9-18)19(22)21-12-10-16(11-13-21)14-15-4-2-1-3-5-15/h6-9,15-16,19,22H,1-5,10-14H2. The molecule has 22 heavy (non-hydrogen) atoms. The van der Waals surface area contributed by atoms with E-state index in [1.165, 1.54) is 51.4 Å². The Kier molecular flexibility index (Phi) is 5.78. The van der Waals surface area contributed by atoms with Gasteiger partial charge in [0, 0.05) is 18.1 Å². The van der Waals surface area contributed by atoms with Crippen molar-refractivity contribution in [3.63, 3.8) is 0 Å². The smallest absolute Gasteiger partial charge is 0.133 e. The molecule has 1 heterocycles. The maximum Gasteiger partial charge on any atom is 0.133 e. The van der Waals surface area contributed by atoms with Gasteiger partial charge < -0.3 is 5.11 Å². The molecule has 1 aliphatic heterocycles. The minimum atomic E-state index is -0.479. The molecule has 2 nitrogen and oxygen atoms in total. The third kappa shape index (κ3) is 4.24. The fraction of sp³-hybridized carbons (Fsp3) is 0.684. The van der Waals surface area contributed by atoms with Crippen LogP contribution in [0.25, 0.3) is 0 Å². The molecule has 122 valence electrons. The molecule has 1 aromatic carbocycles. The Morgan fingerprint density at radius 3 is 2.18 bits per heavy atom. The topological polar surface area (TPSA) is 23.5 Å². The first-order chi connectivity index (χ1) is 10.7. The summed E-state index contributed by atoms with van der Waals surface area (Å²) >= 11 is 5.92. The highest BCUT2D eigenvalue weighted by Gasteiger charge is 2.26. The second-order valence-corrected chi connectivity index (χ2v) is 7.58. The van der Waals surface area contributed by atoms with Gasteiger partial charge in [-0.2, -0.15) is 0 Å². The Hall–Kier alpha value is -0.570.